The summed E-state index contributed by atoms with van der Waals surface area (Å²) in [5.41, 5.74) is 7.48. The minimum atomic E-state index is -0.661. The number of primary amides is 1. The number of urea groups is 1. The zero-order valence-corrected chi connectivity index (χ0v) is 15.7. The number of hydrogen-bond acceptors (Lipinski definition) is 3. The van der Waals surface area contributed by atoms with Gasteiger partial charge in [0.05, 0.1) is 0 Å². The molecule has 138 valence electrons. The Morgan fingerprint density at radius 1 is 1.16 bits per heavy atom. The van der Waals surface area contributed by atoms with Crippen LogP contribution in [0.25, 0.3) is 0 Å². The lowest BCUT2D eigenvalue weighted by Gasteiger charge is -2.39. The number of nitrogens with two attached hydrogens (primary N) is 1. The van der Waals surface area contributed by atoms with Gasteiger partial charge in [0.2, 0.25) is 5.91 Å². The number of nitrogens with one attached hydrogen (secondary N) is 1. The highest BCUT2D eigenvalue weighted by atomic mass is 16.2. The summed E-state index contributed by atoms with van der Waals surface area (Å²) in [6.07, 6.45) is 0. The molecule has 0 saturated carbocycles. The van der Waals surface area contributed by atoms with Gasteiger partial charge in [-0.3, -0.25) is 9.69 Å². The zero-order valence-electron chi connectivity index (χ0n) is 15.7. The number of amides is 3. The first-order valence-electron chi connectivity index (χ1n) is 8.80. The van der Waals surface area contributed by atoms with Crippen molar-refractivity contribution in [3.8, 4) is 0 Å². The van der Waals surface area contributed by atoms with Crippen molar-refractivity contribution in [3.63, 3.8) is 0 Å². The molecule has 0 radical (unpaired) electrons. The number of carbonyl (C=O) groups is 2. The van der Waals surface area contributed by atoms with E-state index < -0.39 is 12.1 Å². The molecule has 2 rings (SSSR count). The van der Waals surface area contributed by atoms with Crippen molar-refractivity contribution >= 4 is 11.9 Å². The lowest BCUT2D eigenvalue weighted by Crippen LogP contribution is -2.59. The highest BCUT2D eigenvalue weighted by Gasteiger charge is 2.36. The monoisotopic (exact) mass is 346 g/mol. The van der Waals surface area contributed by atoms with Crippen molar-refractivity contribution in [1.82, 2.24) is 15.1 Å². The molecule has 1 atom stereocenters. The van der Waals surface area contributed by atoms with Crippen LogP contribution in [0, 0.1) is 12.3 Å². The standard InChI is InChI=1S/C19H30N4O2/c1-14-7-5-6-8-15(14)13-22-9-11-23(12-10-22)17(24)16(19(2,3)4)21-18(20)25/h5-8,16H,9-13H2,1-4H3,(H3,20,21,25). The van der Waals surface area contributed by atoms with Gasteiger partial charge in [-0.25, -0.2) is 4.79 Å². The van der Waals surface area contributed by atoms with Crippen LogP contribution in [0.1, 0.15) is 31.9 Å². The number of aryl methyl sites for hydroxylation is 1. The van der Waals surface area contributed by atoms with E-state index in [4.69, 9.17) is 5.73 Å². The van der Waals surface area contributed by atoms with E-state index in [1.165, 1.54) is 11.1 Å². The molecule has 3 N–H and O–H groups in total. The van der Waals surface area contributed by atoms with E-state index in [-0.39, 0.29) is 11.3 Å². The molecule has 1 aliphatic rings. The minimum Gasteiger partial charge on any atom is -0.352 e. The first kappa shape index (κ1) is 19.2. The van der Waals surface area contributed by atoms with Gasteiger partial charge in [-0.2, -0.15) is 0 Å². The molecule has 1 aromatic carbocycles. The molecule has 1 fully saturated rings. The third-order valence-corrected chi connectivity index (χ3v) is 4.74. The highest BCUT2D eigenvalue weighted by molar-refractivity contribution is 5.87. The number of nitrogens with zero attached hydrogens (tertiary/aromatic N) is 2. The molecule has 1 aliphatic heterocycles. The van der Waals surface area contributed by atoms with Crippen LogP contribution >= 0.6 is 0 Å². The first-order valence-corrected chi connectivity index (χ1v) is 8.80. The zero-order chi connectivity index (χ0) is 18.6. The lowest BCUT2D eigenvalue weighted by molar-refractivity contribution is -0.137. The van der Waals surface area contributed by atoms with Gasteiger partial charge in [0.1, 0.15) is 6.04 Å². The number of carbonyl (C=O) groups excluding carboxylic acids is 2. The summed E-state index contributed by atoms with van der Waals surface area (Å²) < 4.78 is 0. The molecule has 1 saturated heterocycles. The second-order valence-corrected chi connectivity index (χ2v) is 7.84. The first-order chi connectivity index (χ1) is 11.7. The van der Waals surface area contributed by atoms with Crippen LogP contribution in [0.5, 0.6) is 0 Å². The smallest absolute Gasteiger partial charge is 0.312 e. The van der Waals surface area contributed by atoms with Crippen molar-refractivity contribution in [3.05, 3.63) is 35.4 Å². The second kappa shape index (κ2) is 7.87. The van der Waals surface area contributed by atoms with Gasteiger partial charge >= 0.3 is 6.03 Å². The summed E-state index contributed by atoms with van der Waals surface area (Å²) in [5.74, 6) is -0.0539. The molecular formula is C19H30N4O2. The molecule has 3 amide bonds. The van der Waals surface area contributed by atoms with Crippen LogP contribution in [0.4, 0.5) is 4.79 Å². The third kappa shape index (κ3) is 5.19. The van der Waals surface area contributed by atoms with Crippen molar-refractivity contribution in [2.24, 2.45) is 11.1 Å². The summed E-state index contributed by atoms with van der Waals surface area (Å²) in [7, 11) is 0. The van der Waals surface area contributed by atoms with Crippen LogP contribution in [0.2, 0.25) is 0 Å². The van der Waals surface area contributed by atoms with Crippen molar-refractivity contribution in [2.45, 2.75) is 40.3 Å². The summed E-state index contributed by atoms with van der Waals surface area (Å²) in [5, 5.41) is 2.61. The van der Waals surface area contributed by atoms with Crippen LogP contribution in [-0.2, 0) is 11.3 Å². The average molecular weight is 346 g/mol. The van der Waals surface area contributed by atoms with Crippen LogP contribution in [0.15, 0.2) is 24.3 Å². The maximum absolute atomic E-state index is 12.8. The van der Waals surface area contributed by atoms with Crippen LogP contribution in [-0.4, -0.2) is 54.0 Å². The van der Waals surface area contributed by atoms with Gasteiger partial charge in [0, 0.05) is 32.7 Å². The Morgan fingerprint density at radius 3 is 2.28 bits per heavy atom. The molecule has 0 aromatic heterocycles. The summed E-state index contributed by atoms with van der Waals surface area (Å²) in [6, 6.07) is 7.12. The van der Waals surface area contributed by atoms with E-state index in [1.807, 2.05) is 31.7 Å². The van der Waals surface area contributed by atoms with Gasteiger partial charge in [-0.1, -0.05) is 45.0 Å². The Labute approximate surface area is 150 Å². The van der Waals surface area contributed by atoms with E-state index >= 15 is 0 Å². The normalized spacial score (nSPS) is 17.2. The Kier molecular flexibility index (Phi) is 6.06. The van der Waals surface area contributed by atoms with E-state index in [9.17, 15) is 9.59 Å². The van der Waals surface area contributed by atoms with Gasteiger partial charge in [0.15, 0.2) is 0 Å². The molecule has 1 aromatic rings. The molecule has 1 unspecified atom stereocenters. The number of rotatable bonds is 4. The van der Waals surface area contributed by atoms with Crippen molar-refractivity contribution in [1.29, 1.82) is 0 Å². The maximum atomic E-state index is 12.8. The molecule has 1 heterocycles. The Bertz CT molecular complexity index is 616. The van der Waals surface area contributed by atoms with E-state index in [2.05, 4.69) is 35.3 Å². The molecule has 6 heteroatoms. The fourth-order valence-electron chi connectivity index (χ4n) is 3.13. The molecule has 0 bridgehead atoms. The number of benzene rings is 1. The van der Waals surface area contributed by atoms with E-state index in [0.717, 1.165) is 19.6 Å². The van der Waals surface area contributed by atoms with E-state index in [0.29, 0.717) is 13.1 Å². The van der Waals surface area contributed by atoms with Crippen LogP contribution in [0.3, 0.4) is 0 Å². The van der Waals surface area contributed by atoms with Crippen molar-refractivity contribution < 1.29 is 9.59 Å². The molecule has 25 heavy (non-hydrogen) atoms. The van der Waals surface area contributed by atoms with E-state index in [1.54, 1.807) is 0 Å². The molecule has 0 spiro atoms. The topological polar surface area (TPSA) is 78.7 Å². The summed E-state index contributed by atoms with van der Waals surface area (Å²) in [4.78, 5) is 28.3. The fraction of sp³-hybridized carbons (Fsp3) is 0.579. The quantitative estimate of drug-likeness (QED) is 0.871. The van der Waals surface area contributed by atoms with Gasteiger partial charge in [0.25, 0.3) is 0 Å². The van der Waals surface area contributed by atoms with Crippen LogP contribution < -0.4 is 11.1 Å². The maximum Gasteiger partial charge on any atom is 0.312 e. The molecule has 6 nitrogen and oxygen atoms in total. The van der Waals surface area contributed by atoms with Gasteiger partial charge < -0.3 is 16.0 Å². The average Bonchev–Trinajstić information content (AvgIpc) is 2.54. The number of hydrogen-bond donors (Lipinski definition) is 2. The Morgan fingerprint density at radius 2 is 1.76 bits per heavy atom. The predicted octanol–water partition coefficient (Wildman–Crippen LogP) is 1.72. The Balaban J connectivity index is 1.95. The fourth-order valence-corrected chi connectivity index (χ4v) is 3.13. The molecule has 0 aliphatic carbocycles. The Hall–Kier alpha value is -2.08. The summed E-state index contributed by atoms with van der Waals surface area (Å²) in [6.45, 7) is 11.8. The number of piperazine rings is 1. The van der Waals surface area contributed by atoms with Crippen molar-refractivity contribution in [2.75, 3.05) is 26.2 Å². The molecular weight excluding hydrogens is 316 g/mol. The van der Waals surface area contributed by atoms with Gasteiger partial charge in [-0.15, -0.1) is 0 Å². The largest absolute Gasteiger partial charge is 0.352 e. The van der Waals surface area contributed by atoms with Gasteiger partial charge in [-0.05, 0) is 23.5 Å². The predicted molar refractivity (Wildman–Crippen MR) is 99.0 cm³/mol. The lowest BCUT2D eigenvalue weighted by atomic mass is 9.85. The third-order valence-electron chi connectivity index (χ3n) is 4.74. The highest BCUT2D eigenvalue weighted by Crippen LogP contribution is 2.22. The second-order valence-electron chi connectivity index (χ2n) is 7.84. The SMILES string of the molecule is Cc1ccccc1CN1CCN(C(=O)C(NC(N)=O)C(C)(C)C)CC1. The minimum absolute atomic E-state index is 0.0539. The summed E-state index contributed by atoms with van der Waals surface area (Å²) >= 11 is 0.